The van der Waals surface area contributed by atoms with E-state index in [1.807, 2.05) is 0 Å². The minimum atomic E-state index is -1.57. The number of nitrogens with zero attached hydrogens (tertiary/aromatic N) is 6. The Morgan fingerprint density at radius 1 is 0.350 bits per heavy atom. The minimum absolute atomic E-state index is 0. The van der Waals surface area contributed by atoms with E-state index in [0.717, 1.165) is 0 Å². The first-order valence-electron chi connectivity index (χ1n) is 25.7. The zero-order chi connectivity index (χ0) is 45.5. The Bertz CT molecular complexity index is 709. The van der Waals surface area contributed by atoms with E-state index in [1.165, 1.54) is 246 Å². The summed E-state index contributed by atoms with van der Waals surface area (Å²) >= 11 is 3.55. The van der Waals surface area contributed by atoms with Gasteiger partial charge in [-0.05, 0) is 77.0 Å². The van der Waals surface area contributed by atoms with Crippen LogP contribution in [0.1, 0.15) is 237 Å². The predicted molar refractivity (Wildman–Crippen MR) is 258 cm³/mol. The van der Waals surface area contributed by atoms with E-state index < -0.39 is 12.0 Å². The summed E-state index contributed by atoms with van der Waals surface area (Å²) in [4.78, 5) is 2.41. The second-order valence-electron chi connectivity index (χ2n) is 17.7. The number of hydrogen-bond acceptors (Lipinski definition) is 3. The Labute approximate surface area is 385 Å². The van der Waals surface area contributed by atoms with Gasteiger partial charge < -0.3 is 18.9 Å². The van der Waals surface area contributed by atoms with Crippen LogP contribution >= 0.6 is 0 Å². The molecule has 0 spiro atoms. The van der Waals surface area contributed by atoms with Gasteiger partial charge >= 0.3 is 52.0 Å². The van der Waals surface area contributed by atoms with Crippen LogP contribution in [0.5, 0.6) is 0 Å². The molecule has 0 fully saturated rings. The molecule has 0 saturated heterocycles. The zero-order valence-electron chi connectivity index (χ0n) is 42.7. The first-order chi connectivity index (χ1) is 28.4. The van der Waals surface area contributed by atoms with Gasteiger partial charge in [0.05, 0.1) is 78.5 Å². The maximum Gasteiger partial charge on any atom is -0.870 e. The van der Waals surface area contributed by atoms with Crippen molar-refractivity contribution < 1.29 is 44.4 Å². The van der Waals surface area contributed by atoms with Crippen LogP contribution in [0.25, 0.3) is 5.41 Å². The van der Waals surface area contributed by atoms with Gasteiger partial charge in [-0.2, -0.15) is 0 Å². The van der Waals surface area contributed by atoms with Gasteiger partial charge in [0.1, 0.15) is 0 Å². The molecule has 1 N–H and O–H groups in total. The van der Waals surface area contributed by atoms with E-state index >= 15 is 0 Å². The molecular formula is C50H109N6NiO3-. The summed E-state index contributed by atoms with van der Waals surface area (Å²) in [6.07, 6.45) is 33.2. The summed E-state index contributed by atoms with van der Waals surface area (Å²) in [7, 11) is 0. The SMILES string of the molecule is CCCC[N+](CCCC)(CCCC)CCCC.CCCC[N+](CCCC)(CCCC)CCCC.CCCC[N+](CCCC)(CCCC)CCCC.[N-]=C([O-])/N=C(/[O-])[N]=[Ni].[OH-]. The Morgan fingerprint density at radius 2 is 0.483 bits per heavy atom. The van der Waals surface area contributed by atoms with Crippen LogP contribution in [-0.4, -0.2) is 110 Å². The summed E-state index contributed by atoms with van der Waals surface area (Å²) in [6.45, 7) is 45.1. The summed E-state index contributed by atoms with van der Waals surface area (Å²) in [5, 5.41) is 27.0. The van der Waals surface area contributed by atoms with Crippen LogP contribution in [0, 0.1) is 0 Å². The standard InChI is InChI=1S/3C16H36N.C2H2N3O2.Ni.H2O/c3*1-5-9-13-17(14-10-6-2,15-11-7-3)16-12-8-4;3-1(6)5-2(4)7;;/h3*5-16H2,1-4H3;(H2-,3,5,6,7);;1H2/q3*+1;-1;;/p-3. The number of rotatable bonds is 36. The van der Waals surface area contributed by atoms with Crippen molar-refractivity contribution in [1.82, 2.24) is 0 Å². The maximum atomic E-state index is 9.81. The quantitative estimate of drug-likeness (QED) is 0.0269. The Kier molecular flexibility index (Phi) is 57.6. The molecule has 0 aromatic carbocycles. The molecule has 0 heterocycles. The van der Waals surface area contributed by atoms with E-state index in [1.54, 1.807) is 0 Å². The van der Waals surface area contributed by atoms with Crippen molar-refractivity contribution in [2.24, 2.45) is 9.02 Å². The van der Waals surface area contributed by atoms with Gasteiger partial charge in [0.15, 0.2) is 0 Å². The predicted octanol–water partition coefficient (Wildman–Crippen LogP) is 12.6. The molecule has 9 nitrogen and oxygen atoms in total. The average Bonchev–Trinajstić information content (AvgIpc) is 3.25. The number of quaternary nitrogens is 3. The normalized spacial score (nSPS) is 11.7. The van der Waals surface area contributed by atoms with Gasteiger partial charge in [0.2, 0.25) is 0 Å². The summed E-state index contributed by atoms with van der Waals surface area (Å²) in [5.74, 6) is 0. The molecule has 0 aliphatic heterocycles. The van der Waals surface area contributed by atoms with Crippen molar-refractivity contribution >= 4 is 12.0 Å². The van der Waals surface area contributed by atoms with E-state index in [-0.39, 0.29) is 5.48 Å². The van der Waals surface area contributed by atoms with Crippen LogP contribution in [0.4, 0.5) is 0 Å². The molecule has 0 saturated carbocycles. The van der Waals surface area contributed by atoms with Crippen molar-refractivity contribution in [3.8, 4) is 0 Å². The summed E-state index contributed by atoms with van der Waals surface area (Å²) < 4.78 is 6.83. The second kappa shape index (κ2) is 50.7. The number of aliphatic imine (C=N–C) groups is 1. The first kappa shape index (κ1) is 68.1. The Hall–Kier alpha value is -0.926. The van der Waals surface area contributed by atoms with Crippen LogP contribution in [0.3, 0.4) is 0 Å². The molecule has 60 heavy (non-hydrogen) atoms. The van der Waals surface area contributed by atoms with Crippen molar-refractivity contribution in [3.05, 3.63) is 5.41 Å². The Morgan fingerprint density at radius 3 is 0.550 bits per heavy atom. The van der Waals surface area contributed by atoms with Crippen LogP contribution in [-0.2, 0) is 15.3 Å². The van der Waals surface area contributed by atoms with Gasteiger partial charge in [0.25, 0.3) is 0 Å². The van der Waals surface area contributed by atoms with Crippen molar-refractivity contribution in [2.75, 3.05) is 78.5 Å². The smallest absolute Gasteiger partial charge is 0.870 e. The monoisotopic (exact) mass is 900 g/mol. The fourth-order valence-corrected chi connectivity index (χ4v) is 8.08. The molecule has 0 radical (unpaired) electrons. The van der Waals surface area contributed by atoms with Gasteiger partial charge in [-0.1, -0.05) is 160 Å². The van der Waals surface area contributed by atoms with Crippen molar-refractivity contribution in [1.29, 1.82) is 0 Å². The molecule has 0 atom stereocenters. The van der Waals surface area contributed by atoms with Crippen LogP contribution in [0.15, 0.2) is 9.02 Å². The minimum Gasteiger partial charge on any atom is -0.870 e. The Balaban J connectivity index is -0.000000229. The molecule has 0 aliphatic rings. The third kappa shape index (κ3) is 42.4. The second-order valence-corrected chi connectivity index (χ2v) is 17.9. The number of hydrogen-bond donors (Lipinski definition) is 0. The van der Waals surface area contributed by atoms with Gasteiger partial charge in [-0.3, -0.25) is 0 Å². The van der Waals surface area contributed by atoms with Crippen LogP contribution < -0.4 is 10.2 Å². The number of amidine groups is 2. The molecule has 368 valence electrons. The van der Waals surface area contributed by atoms with E-state index in [9.17, 15) is 10.2 Å². The molecule has 0 unspecified atom stereocenters. The summed E-state index contributed by atoms with van der Waals surface area (Å²) in [6, 6.07) is -2.71. The van der Waals surface area contributed by atoms with E-state index in [2.05, 4.69) is 107 Å². The fraction of sp³-hybridized carbons (Fsp3) is 0.960. The third-order valence-corrected chi connectivity index (χ3v) is 12.3. The van der Waals surface area contributed by atoms with Crippen molar-refractivity contribution in [3.63, 3.8) is 0 Å². The molecule has 0 amide bonds. The third-order valence-electron chi connectivity index (χ3n) is 12.1. The van der Waals surface area contributed by atoms with Crippen LogP contribution in [0.2, 0.25) is 0 Å². The molecule has 0 aliphatic carbocycles. The first-order valence-corrected chi connectivity index (χ1v) is 26.2. The molecule has 0 aromatic heterocycles. The molecule has 10 heteroatoms. The van der Waals surface area contributed by atoms with E-state index in [0.29, 0.717) is 0 Å². The molecule has 0 rings (SSSR count). The van der Waals surface area contributed by atoms with Gasteiger partial charge in [-0.25, -0.2) is 0 Å². The summed E-state index contributed by atoms with van der Waals surface area (Å²) in [5.41, 5.74) is 0. The fourth-order valence-electron chi connectivity index (χ4n) is 8.03. The number of unbranched alkanes of at least 4 members (excludes halogenated alkanes) is 12. The van der Waals surface area contributed by atoms with Gasteiger partial charge in [-0.15, -0.1) is 0 Å². The molecule has 0 bridgehead atoms. The average molecular weight is 901 g/mol. The maximum absolute atomic E-state index is 9.81. The van der Waals surface area contributed by atoms with Crippen molar-refractivity contribution in [2.45, 2.75) is 237 Å². The largest absolute Gasteiger partial charge is 0.870 e. The van der Waals surface area contributed by atoms with E-state index in [4.69, 9.17) is 5.41 Å². The zero-order valence-corrected chi connectivity index (χ0v) is 43.7. The topological polar surface area (TPSA) is 123 Å². The molecular weight excluding hydrogens is 791 g/mol. The molecule has 0 aromatic rings. The van der Waals surface area contributed by atoms with Gasteiger partial charge in [0, 0.05) is 0 Å².